The highest BCUT2D eigenvalue weighted by Crippen LogP contribution is 2.27. The monoisotopic (exact) mass is 569 g/mol. The first-order valence-electron chi connectivity index (χ1n) is 12.1. The smallest absolute Gasteiger partial charge is 0.244 e. The van der Waals surface area contributed by atoms with Gasteiger partial charge in [0.2, 0.25) is 21.8 Å². The van der Waals surface area contributed by atoms with Crippen LogP contribution < -0.4 is 9.62 Å². The minimum atomic E-state index is -3.81. The number of sulfonamides is 1. The summed E-state index contributed by atoms with van der Waals surface area (Å²) in [5.41, 5.74) is 1.87. The minimum absolute atomic E-state index is 0.00562. The van der Waals surface area contributed by atoms with E-state index in [1.54, 1.807) is 37.3 Å². The van der Waals surface area contributed by atoms with Gasteiger partial charge in [0.05, 0.1) is 11.9 Å². The van der Waals surface area contributed by atoms with Gasteiger partial charge in [0.15, 0.2) is 0 Å². The van der Waals surface area contributed by atoms with Crippen molar-refractivity contribution in [3.63, 3.8) is 0 Å². The maximum Gasteiger partial charge on any atom is 0.244 e. The highest BCUT2D eigenvalue weighted by Gasteiger charge is 2.30. The van der Waals surface area contributed by atoms with Crippen molar-refractivity contribution in [3.05, 3.63) is 63.6 Å². The maximum absolute atomic E-state index is 13.6. The van der Waals surface area contributed by atoms with Crippen LogP contribution in [0.5, 0.6) is 0 Å². The summed E-state index contributed by atoms with van der Waals surface area (Å²) >= 11 is 12.4. The Morgan fingerprint density at radius 3 is 2.08 bits per heavy atom. The van der Waals surface area contributed by atoms with Gasteiger partial charge in [-0.25, -0.2) is 8.42 Å². The Hall–Kier alpha value is -2.29. The summed E-state index contributed by atoms with van der Waals surface area (Å²) in [4.78, 5) is 27.9. The van der Waals surface area contributed by atoms with E-state index in [1.807, 2.05) is 26.0 Å². The van der Waals surface area contributed by atoms with Gasteiger partial charge in [-0.1, -0.05) is 76.0 Å². The maximum atomic E-state index is 13.6. The number of nitrogens with one attached hydrogen (secondary N) is 1. The van der Waals surface area contributed by atoms with Gasteiger partial charge in [-0.3, -0.25) is 13.9 Å². The molecule has 0 aliphatic rings. The van der Waals surface area contributed by atoms with Crippen molar-refractivity contribution in [2.45, 2.75) is 59.5 Å². The fourth-order valence-electron chi connectivity index (χ4n) is 3.61. The van der Waals surface area contributed by atoms with E-state index >= 15 is 0 Å². The number of hydrogen-bond acceptors (Lipinski definition) is 4. The predicted molar refractivity (Wildman–Crippen MR) is 152 cm³/mol. The van der Waals surface area contributed by atoms with Crippen LogP contribution in [0.2, 0.25) is 10.0 Å². The molecule has 0 radical (unpaired) electrons. The van der Waals surface area contributed by atoms with Gasteiger partial charge in [-0.15, -0.1) is 0 Å². The Morgan fingerprint density at radius 2 is 1.59 bits per heavy atom. The third-order valence-corrected chi connectivity index (χ3v) is 7.64. The summed E-state index contributed by atoms with van der Waals surface area (Å²) in [6.45, 7) is 11.7. The molecule has 2 amide bonds. The molecule has 0 fully saturated rings. The second kappa shape index (κ2) is 12.5. The van der Waals surface area contributed by atoms with Crippen molar-refractivity contribution < 1.29 is 18.0 Å². The number of amides is 2. The summed E-state index contributed by atoms with van der Waals surface area (Å²) < 4.78 is 26.5. The van der Waals surface area contributed by atoms with Crippen LogP contribution in [0.4, 0.5) is 5.69 Å². The van der Waals surface area contributed by atoms with Gasteiger partial charge in [0.25, 0.3) is 0 Å². The van der Waals surface area contributed by atoms with Crippen LogP contribution in [0.25, 0.3) is 0 Å². The number of nitrogens with zero attached hydrogens (tertiary/aromatic N) is 2. The first-order valence-corrected chi connectivity index (χ1v) is 14.7. The molecule has 0 unspecified atom stereocenters. The first kappa shape index (κ1) is 30.9. The Balaban J connectivity index is 2.42. The van der Waals surface area contributed by atoms with Gasteiger partial charge in [-0.2, -0.15) is 0 Å². The zero-order valence-electron chi connectivity index (χ0n) is 22.5. The average molecular weight is 571 g/mol. The molecule has 1 atom stereocenters. The number of carbonyl (C=O) groups is 2. The predicted octanol–water partition coefficient (Wildman–Crippen LogP) is 5.25. The summed E-state index contributed by atoms with van der Waals surface area (Å²) in [6.07, 6.45) is 1.05. The normalized spacial score (nSPS) is 12.8. The molecule has 2 rings (SSSR count). The Kier molecular flexibility index (Phi) is 10.5. The second-order valence-electron chi connectivity index (χ2n) is 10.6. The molecule has 2 aromatic carbocycles. The number of hydrogen-bond donors (Lipinski definition) is 1. The molecule has 0 aliphatic heterocycles. The standard InChI is InChI=1S/C27H37Cl2N3O4S/c1-18(2)15-30-26(34)19(3)31(16-20-8-11-22(28)14-24(20)29)25(33)17-32(37(7,35)36)23-12-9-21(10-13-23)27(4,5)6/h8-14,18-19H,15-17H2,1-7H3,(H,30,34)/t19-/m1/s1. The van der Waals surface area contributed by atoms with E-state index in [1.165, 1.54) is 4.90 Å². The van der Waals surface area contributed by atoms with Gasteiger partial charge < -0.3 is 10.2 Å². The fourth-order valence-corrected chi connectivity index (χ4v) is 4.93. The number of carbonyl (C=O) groups excluding carboxylic acids is 2. The summed E-state index contributed by atoms with van der Waals surface area (Å²) in [7, 11) is -3.81. The van der Waals surface area contributed by atoms with E-state index in [9.17, 15) is 18.0 Å². The molecule has 0 spiro atoms. The highest BCUT2D eigenvalue weighted by molar-refractivity contribution is 7.92. The molecule has 37 heavy (non-hydrogen) atoms. The lowest BCUT2D eigenvalue weighted by Gasteiger charge is -2.32. The molecule has 0 aromatic heterocycles. The second-order valence-corrected chi connectivity index (χ2v) is 13.4. The Labute approximate surface area is 231 Å². The van der Waals surface area contributed by atoms with Crippen LogP contribution in [-0.2, 0) is 31.6 Å². The number of halogens is 2. The number of anilines is 1. The summed E-state index contributed by atoms with van der Waals surface area (Å²) in [5.74, 6) is -0.654. The lowest BCUT2D eigenvalue weighted by Crippen LogP contribution is -2.51. The van der Waals surface area contributed by atoms with E-state index in [0.717, 1.165) is 16.1 Å². The highest BCUT2D eigenvalue weighted by atomic mass is 35.5. The van der Waals surface area contributed by atoms with Crippen molar-refractivity contribution in [1.82, 2.24) is 10.2 Å². The van der Waals surface area contributed by atoms with Crippen molar-refractivity contribution in [2.75, 3.05) is 23.7 Å². The lowest BCUT2D eigenvalue weighted by molar-refractivity contribution is -0.139. The van der Waals surface area contributed by atoms with Gasteiger partial charge in [0, 0.05) is 23.1 Å². The third kappa shape index (κ3) is 8.90. The van der Waals surface area contributed by atoms with Crippen LogP contribution >= 0.6 is 23.2 Å². The van der Waals surface area contributed by atoms with Gasteiger partial charge in [0.1, 0.15) is 12.6 Å². The first-order chi connectivity index (χ1) is 17.0. The number of rotatable bonds is 10. The van der Waals surface area contributed by atoms with E-state index in [4.69, 9.17) is 23.2 Å². The van der Waals surface area contributed by atoms with Crippen LogP contribution in [0.15, 0.2) is 42.5 Å². The molecular formula is C27H37Cl2N3O4S. The minimum Gasteiger partial charge on any atom is -0.354 e. The molecule has 2 aromatic rings. The molecule has 0 bridgehead atoms. The molecule has 0 aliphatic carbocycles. The van der Waals surface area contributed by atoms with Crippen molar-refractivity contribution in [3.8, 4) is 0 Å². The Morgan fingerprint density at radius 1 is 1.00 bits per heavy atom. The van der Waals surface area contributed by atoms with E-state index < -0.39 is 28.5 Å². The molecule has 1 N–H and O–H groups in total. The van der Waals surface area contributed by atoms with Crippen molar-refractivity contribution in [1.29, 1.82) is 0 Å². The molecule has 204 valence electrons. The summed E-state index contributed by atoms with van der Waals surface area (Å²) in [6, 6.07) is 11.1. The molecule has 0 heterocycles. The quantitative estimate of drug-likeness (QED) is 0.423. The summed E-state index contributed by atoms with van der Waals surface area (Å²) in [5, 5.41) is 3.63. The topological polar surface area (TPSA) is 86.8 Å². The van der Waals surface area contributed by atoms with Gasteiger partial charge in [-0.05, 0) is 53.6 Å². The molecule has 10 heteroatoms. The molecule has 0 saturated heterocycles. The zero-order valence-corrected chi connectivity index (χ0v) is 24.8. The molecule has 0 saturated carbocycles. The van der Waals surface area contributed by atoms with Gasteiger partial charge >= 0.3 is 0 Å². The largest absolute Gasteiger partial charge is 0.354 e. The average Bonchev–Trinajstić information content (AvgIpc) is 2.78. The Bertz CT molecular complexity index is 1210. The van der Waals surface area contributed by atoms with Crippen LogP contribution in [0.1, 0.15) is 52.7 Å². The molecular weight excluding hydrogens is 533 g/mol. The van der Waals surface area contributed by atoms with Crippen LogP contribution in [-0.4, -0.2) is 50.5 Å². The van der Waals surface area contributed by atoms with E-state index in [-0.39, 0.29) is 23.8 Å². The van der Waals surface area contributed by atoms with E-state index in [0.29, 0.717) is 27.8 Å². The number of benzene rings is 2. The SMILES string of the molecule is CC(C)CNC(=O)[C@@H](C)N(Cc1ccc(Cl)cc1Cl)C(=O)CN(c1ccc(C(C)(C)C)cc1)S(C)(=O)=O. The third-order valence-electron chi connectivity index (χ3n) is 5.91. The fraction of sp³-hybridized carbons (Fsp3) is 0.481. The zero-order chi connectivity index (χ0) is 28.1. The molecule has 7 nitrogen and oxygen atoms in total. The van der Waals surface area contributed by atoms with Crippen molar-refractivity contribution in [2.24, 2.45) is 5.92 Å². The van der Waals surface area contributed by atoms with Crippen LogP contribution in [0, 0.1) is 5.92 Å². The van der Waals surface area contributed by atoms with Crippen molar-refractivity contribution >= 4 is 50.7 Å². The van der Waals surface area contributed by atoms with E-state index in [2.05, 4.69) is 26.1 Å². The van der Waals surface area contributed by atoms with Crippen LogP contribution in [0.3, 0.4) is 0 Å². The lowest BCUT2D eigenvalue weighted by atomic mass is 9.87.